The van der Waals surface area contributed by atoms with Crippen LogP contribution in [0.2, 0.25) is 0 Å². The zero-order valence-electron chi connectivity index (χ0n) is 13.3. The lowest BCUT2D eigenvalue weighted by molar-refractivity contribution is -0.155. The van der Waals surface area contributed by atoms with Gasteiger partial charge >= 0.3 is 11.9 Å². The predicted octanol–water partition coefficient (Wildman–Crippen LogP) is 3.28. The van der Waals surface area contributed by atoms with E-state index in [0.717, 1.165) is 38.5 Å². The fraction of sp³-hybridized carbons (Fsp3) is 0.875. The Morgan fingerprint density at radius 2 is 1.52 bits per heavy atom. The van der Waals surface area contributed by atoms with E-state index in [1.165, 1.54) is 0 Å². The van der Waals surface area contributed by atoms with Gasteiger partial charge in [0, 0.05) is 0 Å². The van der Waals surface area contributed by atoms with Gasteiger partial charge in [-0.15, -0.1) is 0 Å². The molecule has 0 aromatic carbocycles. The van der Waals surface area contributed by atoms with Crippen LogP contribution in [0.3, 0.4) is 0 Å². The van der Waals surface area contributed by atoms with Crippen LogP contribution in [0, 0.1) is 0 Å². The first-order valence-electron chi connectivity index (χ1n) is 8.08. The van der Waals surface area contributed by atoms with Crippen molar-refractivity contribution in [3.05, 3.63) is 0 Å². The lowest BCUT2D eigenvalue weighted by atomic mass is 10.1. The first-order valence-corrected chi connectivity index (χ1v) is 8.08. The summed E-state index contributed by atoms with van der Waals surface area (Å²) < 4.78 is 5.21. The van der Waals surface area contributed by atoms with Crippen LogP contribution in [0.5, 0.6) is 0 Å². The molecule has 21 heavy (non-hydrogen) atoms. The summed E-state index contributed by atoms with van der Waals surface area (Å²) in [5.41, 5.74) is 0. The van der Waals surface area contributed by atoms with Crippen molar-refractivity contribution in [1.82, 2.24) is 0 Å². The predicted molar refractivity (Wildman–Crippen MR) is 81.0 cm³/mol. The Bertz CT molecular complexity index is 290. The number of carbonyl (C=O) groups is 2. The zero-order valence-corrected chi connectivity index (χ0v) is 13.3. The van der Waals surface area contributed by atoms with Crippen LogP contribution in [-0.4, -0.2) is 34.4 Å². The second-order valence-corrected chi connectivity index (χ2v) is 5.56. The number of aliphatic carboxylic acids is 1. The van der Waals surface area contributed by atoms with Gasteiger partial charge in [0.15, 0.2) is 0 Å². The summed E-state index contributed by atoms with van der Waals surface area (Å²) >= 11 is 0. The third-order valence-corrected chi connectivity index (χ3v) is 3.37. The highest BCUT2D eigenvalue weighted by Crippen LogP contribution is 2.13. The number of aliphatic hydroxyl groups excluding tert-OH is 1. The number of ether oxygens (including phenoxy) is 1. The van der Waals surface area contributed by atoms with Gasteiger partial charge in [-0.25, -0.2) is 0 Å². The summed E-state index contributed by atoms with van der Waals surface area (Å²) in [7, 11) is 0. The summed E-state index contributed by atoms with van der Waals surface area (Å²) in [4.78, 5) is 22.5. The summed E-state index contributed by atoms with van der Waals surface area (Å²) in [6.07, 6.45) is 5.53. The number of aliphatic hydroxyl groups is 1. The molecule has 0 aliphatic heterocycles. The maximum absolute atomic E-state index is 11.7. The lowest BCUT2D eigenvalue weighted by Gasteiger charge is -2.17. The Kier molecular flexibility index (Phi) is 12.0. The monoisotopic (exact) mass is 302 g/mol. The second-order valence-electron chi connectivity index (χ2n) is 5.56. The lowest BCUT2D eigenvalue weighted by Crippen LogP contribution is -2.24. The number of carbonyl (C=O) groups excluding carboxylic acids is 1. The van der Waals surface area contributed by atoms with Gasteiger partial charge in [-0.2, -0.15) is 0 Å². The number of carboxylic acids is 1. The van der Waals surface area contributed by atoms with E-state index >= 15 is 0 Å². The molecule has 5 heteroatoms. The van der Waals surface area contributed by atoms with Gasteiger partial charge in [-0.3, -0.25) is 9.59 Å². The van der Waals surface area contributed by atoms with Gasteiger partial charge in [0.1, 0.15) is 6.10 Å². The number of esters is 1. The van der Waals surface area contributed by atoms with E-state index in [0.29, 0.717) is 12.8 Å². The third kappa shape index (κ3) is 12.4. The van der Waals surface area contributed by atoms with E-state index in [9.17, 15) is 14.7 Å². The standard InChI is InChI=1S/C16H30O5/c1-3-5-7-9-13(17)11-16(20)21-14(12-15(18)19)10-8-6-4-2/h13-14,17H,3-12H2,1-2H3,(H,18,19)/t13-,14+/m0/s1. The molecular weight excluding hydrogens is 272 g/mol. The van der Waals surface area contributed by atoms with Crippen molar-refractivity contribution in [3.63, 3.8) is 0 Å². The minimum Gasteiger partial charge on any atom is -0.481 e. The van der Waals surface area contributed by atoms with Crippen molar-refractivity contribution in [1.29, 1.82) is 0 Å². The van der Waals surface area contributed by atoms with Crippen molar-refractivity contribution in [2.24, 2.45) is 0 Å². The molecule has 5 nitrogen and oxygen atoms in total. The van der Waals surface area contributed by atoms with E-state index in [1.54, 1.807) is 0 Å². The summed E-state index contributed by atoms with van der Waals surface area (Å²) in [5, 5.41) is 18.6. The molecule has 0 bridgehead atoms. The largest absolute Gasteiger partial charge is 0.481 e. The van der Waals surface area contributed by atoms with E-state index in [1.807, 2.05) is 0 Å². The molecular formula is C16H30O5. The van der Waals surface area contributed by atoms with E-state index in [-0.39, 0.29) is 12.8 Å². The maximum atomic E-state index is 11.7. The Morgan fingerprint density at radius 1 is 0.952 bits per heavy atom. The molecule has 0 unspecified atom stereocenters. The van der Waals surface area contributed by atoms with Gasteiger partial charge in [0.25, 0.3) is 0 Å². The van der Waals surface area contributed by atoms with Crippen molar-refractivity contribution >= 4 is 11.9 Å². The second kappa shape index (κ2) is 12.6. The molecule has 0 aromatic heterocycles. The quantitative estimate of drug-likeness (QED) is 0.403. The Morgan fingerprint density at radius 3 is 2.05 bits per heavy atom. The van der Waals surface area contributed by atoms with Gasteiger partial charge in [0.05, 0.1) is 18.9 Å². The molecule has 0 saturated carbocycles. The molecule has 0 aliphatic carbocycles. The molecule has 0 aromatic rings. The van der Waals surface area contributed by atoms with Crippen molar-refractivity contribution in [2.45, 2.75) is 90.3 Å². The van der Waals surface area contributed by atoms with Crippen LogP contribution in [0.25, 0.3) is 0 Å². The Balaban J connectivity index is 4.09. The molecule has 0 amide bonds. The van der Waals surface area contributed by atoms with Crippen molar-refractivity contribution in [2.75, 3.05) is 0 Å². The highest BCUT2D eigenvalue weighted by Gasteiger charge is 2.19. The molecule has 0 heterocycles. The van der Waals surface area contributed by atoms with E-state index < -0.39 is 24.1 Å². The average Bonchev–Trinajstić information content (AvgIpc) is 2.38. The van der Waals surface area contributed by atoms with Crippen LogP contribution >= 0.6 is 0 Å². The minimum atomic E-state index is -0.965. The van der Waals surface area contributed by atoms with Gasteiger partial charge in [-0.1, -0.05) is 46.0 Å². The van der Waals surface area contributed by atoms with Crippen LogP contribution < -0.4 is 0 Å². The van der Waals surface area contributed by atoms with E-state index in [2.05, 4.69) is 13.8 Å². The molecule has 0 spiro atoms. The van der Waals surface area contributed by atoms with Crippen molar-refractivity contribution in [3.8, 4) is 0 Å². The van der Waals surface area contributed by atoms with E-state index in [4.69, 9.17) is 9.84 Å². The smallest absolute Gasteiger partial charge is 0.308 e. The molecule has 0 fully saturated rings. The van der Waals surface area contributed by atoms with Gasteiger partial charge in [0.2, 0.25) is 0 Å². The molecule has 0 rings (SSSR count). The zero-order chi connectivity index (χ0) is 16.1. The number of carboxylic acid groups (broad SMARTS) is 1. The topological polar surface area (TPSA) is 83.8 Å². The molecule has 2 atom stereocenters. The van der Waals surface area contributed by atoms with Gasteiger partial charge in [-0.05, 0) is 19.3 Å². The average molecular weight is 302 g/mol. The fourth-order valence-corrected chi connectivity index (χ4v) is 2.18. The summed E-state index contributed by atoms with van der Waals surface area (Å²) in [6.45, 7) is 4.14. The number of hydrogen-bond donors (Lipinski definition) is 2. The number of hydrogen-bond acceptors (Lipinski definition) is 4. The molecule has 0 aliphatic rings. The van der Waals surface area contributed by atoms with Crippen LogP contribution in [0.1, 0.15) is 78.1 Å². The minimum absolute atomic E-state index is 0.0480. The molecule has 124 valence electrons. The highest BCUT2D eigenvalue weighted by molar-refractivity contribution is 5.71. The summed E-state index contributed by atoms with van der Waals surface area (Å²) in [6, 6.07) is 0. The normalized spacial score (nSPS) is 13.7. The van der Waals surface area contributed by atoms with Gasteiger partial charge < -0.3 is 14.9 Å². The number of rotatable bonds is 13. The van der Waals surface area contributed by atoms with Crippen molar-refractivity contribution < 1.29 is 24.5 Å². The summed E-state index contributed by atoms with van der Waals surface area (Å²) in [5.74, 6) is -1.46. The Labute approximate surface area is 127 Å². The molecule has 0 saturated heterocycles. The number of unbranched alkanes of at least 4 members (excludes halogenated alkanes) is 4. The van der Waals surface area contributed by atoms with Crippen LogP contribution in [0.15, 0.2) is 0 Å². The first kappa shape index (κ1) is 19.9. The third-order valence-electron chi connectivity index (χ3n) is 3.37. The molecule has 0 radical (unpaired) electrons. The Hall–Kier alpha value is -1.10. The van der Waals surface area contributed by atoms with Crippen LogP contribution in [0.4, 0.5) is 0 Å². The highest BCUT2D eigenvalue weighted by atomic mass is 16.5. The molecule has 2 N–H and O–H groups in total. The first-order chi connectivity index (χ1) is 9.99. The fourth-order valence-electron chi connectivity index (χ4n) is 2.18. The maximum Gasteiger partial charge on any atom is 0.308 e. The van der Waals surface area contributed by atoms with Crippen LogP contribution in [-0.2, 0) is 14.3 Å². The SMILES string of the molecule is CCCCC[C@H](O)CC(=O)O[C@H](CCCCC)CC(=O)O.